The molecule has 0 unspecified atom stereocenters. The highest BCUT2D eigenvalue weighted by atomic mass is 79.9. The third kappa shape index (κ3) is 6.40. The number of nitrogens with one attached hydrogen (secondary N) is 3. The van der Waals surface area contributed by atoms with Crippen LogP contribution in [0.1, 0.15) is 15.9 Å². The summed E-state index contributed by atoms with van der Waals surface area (Å²) in [6.45, 7) is 1.68. The maximum atomic E-state index is 12.1. The van der Waals surface area contributed by atoms with Crippen molar-refractivity contribution in [2.75, 3.05) is 27.2 Å². The predicted molar refractivity (Wildman–Crippen MR) is 108 cm³/mol. The lowest BCUT2D eigenvalue weighted by atomic mass is 10.2. The molecule has 0 aromatic heterocycles. The summed E-state index contributed by atoms with van der Waals surface area (Å²) in [6, 6.07) is 15.1. The molecular weight excluding hydrogens is 396 g/mol. The van der Waals surface area contributed by atoms with Gasteiger partial charge in [0.25, 0.3) is 5.91 Å². The second-order valence-electron chi connectivity index (χ2n) is 5.47. The van der Waals surface area contributed by atoms with Crippen molar-refractivity contribution in [1.29, 1.82) is 0 Å². The molecule has 0 saturated carbocycles. The monoisotopic (exact) mass is 418 g/mol. The van der Waals surface area contributed by atoms with Gasteiger partial charge in [-0.2, -0.15) is 0 Å². The molecule has 138 valence electrons. The Bertz CT molecular complexity index is 765. The van der Waals surface area contributed by atoms with Crippen molar-refractivity contribution in [3.8, 4) is 5.75 Å². The average molecular weight is 419 g/mol. The quantitative estimate of drug-likeness (QED) is 0.367. The van der Waals surface area contributed by atoms with Gasteiger partial charge in [0.2, 0.25) is 0 Å². The van der Waals surface area contributed by atoms with E-state index in [1.54, 1.807) is 26.3 Å². The fourth-order valence-corrected chi connectivity index (χ4v) is 2.68. The van der Waals surface area contributed by atoms with Gasteiger partial charge in [-0.3, -0.25) is 9.79 Å². The number of carbonyl (C=O) groups excluding carboxylic acids is 1. The van der Waals surface area contributed by atoms with Crippen molar-refractivity contribution >= 4 is 27.8 Å². The standard InChI is InChI=1S/C19H23BrN4O2/c1-21-19(24-13-14-5-3-8-17(11-14)26-2)23-10-9-22-18(25)15-6-4-7-16(20)12-15/h3-8,11-12H,9-10,13H2,1-2H3,(H,22,25)(H2,21,23,24). The zero-order chi connectivity index (χ0) is 18.8. The maximum Gasteiger partial charge on any atom is 0.251 e. The topological polar surface area (TPSA) is 74.8 Å². The molecule has 0 saturated heterocycles. The van der Waals surface area contributed by atoms with Crippen LogP contribution < -0.4 is 20.7 Å². The van der Waals surface area contributed by atoms with Crippen LogP contribution >= 0.6 is 15.9 Å². The Hall–Kier alpha value is -2.54. The van der Waals surface area contributed by atoms with Gasteiger partial charge in [-0.05, 0) is 35.9 Å². The van der Waals surface area contributed by atoms with Gasteiger partial charge in [0, 0.05) is 36.7 Å². The van der Waals surface area contributed by atoms with Crippen molar-refractivity contribution < 1.29 is 9.53 Å². The van der Waals surface area contributed by atoms with E-state index in [4.69, 9.17) is 4.74 Å². The highest BCUT2D eigenvalue weighted by Gasteiger charge is 2.05. The number of amides is 1. The minimum atomic E-state index is -0.104. The fraction of sp³-hybridized carbons (Fsp3) is 0.263. The Balaban J connectivity index is 1.72. The summed E-state index contributed by atoms with van der Waals surface area (Å²) >= 11 is 3.36. The first-order valence-electron chi connectivity index (χ1n) is 8.23. The molecule has 0 heterocycles. The number of ether oxygens (including phenoxy) is 1. The molecule has 1 amide bonds. The zero-order valence-electron chi connectivity index (χ0n) is 14.9. The number of rotatable bonds is 7. The van der Waals surface area contributed by atoms with E-state index in [1.165, 1.54) is 0 Å². The normalized spacial score (nSPS) is 11.0. The van der Waals surface area contributed by atoms with E-state index in [2.05, 4.69) is 36.9 Å². The van der Waals surface area contributed by atoms with Crippen LogP contribution in [-0.4, -0.2) is 39.1 Å². The number of hydrogen-bond acceptors (Lipinski definition) is 3. The second-order valence-corrected chi connectivity index (χ2v) is 6.39. The molecule has 2 aromatic rings. The van der Waals surface area contributed by atoms with Crippen LogP contribution in [0.15, 0.2) is 58.0 Å². The molecule has 3 N–H and O–H groups in total. The average Bonchev–Trinajstić information content (AvgIpc) is 2.67. The number of nitrogens with zero attached hydrogens (tertiary/aromatic N) is 1. The Morgan fingerprint density at radius 2 is 1.85 bits per heavy atom. The van der Waals surface area contributed by atoms with Crippen molar-refractivity contribution in [2.24, 2.45) is 4.99 Å². The Morgan fingerprint density at radius 1 is 1.08 bits per heavy atom. The van der Waals surface area contributed by atoms with Gasteiger partial charge in [-0.25, -0.2) is 0 Å². The number of guanidine groups is 1. The van der Waals surface area contributed by atoms with Crippen LogP contribution in [0.25, 0.3) is 0 Å². The number of halogens is 1. The number of aliphatic imine (C=N–C) groups is 1. The third-order valence-corrected chi connectivity index (χ3v) is 4.10. The van der Waals surface area contributed by atoms with Gasteiger partial charge in [0.05, 0.1) is 7.11 Å². The number of carbonyl (C=O) groups is 1. The number of hydrogen-bond donors (Lipinski definition) is 3. The smallest absolute Gasteiger partial charge is 0.251 e. The minimum Gasteiger partial charge on any atom is -0.497 e. The molecule has 7 heteroatoms. The molecule has 2 rings (SSSR count). The van der Waals surface area contributed by atoms with Crippen LogP contribution in [0.4, 0.5) is 0 Å². The Kier molecular flexibility index (Phi) is 7.95. The van der Waals surface area contributed by atoms with E-state index in [-0.39, 0.29) is 5.91 Å². The van der Waals surface area contributed by atoms with Gasteiger partial charge in [0.15, 0.2) is 5.96 Å². The molecule has 0 radical (unpaired) electrons. The lowest BCUT2D eigenvalue weighted by Crippen LogP contribution is -2.41. The van der Waals surface area contributed by atoms with Gasteiger partial charge in [-0.15, -0.1) is 0 Å². The Morgan fingerprint density at radius 3 is 2.58 bits per heavy atom. The van der Waals surface area contributed by atoms with Gasteiger partial charge in [0.1, 0.15) is 5.75 Å². The van der Waals surface area contributed by atoms with Crippen LogP contribution in [0.2, 0.25) is 0 Å². The van der Waals surface area contributed by atoms with Crippen LogP contribution in [0.3, 0.4) is 0 Å². The molecule has 0 atom stereocenters. The van der Waals surface area contributed by atoms with Crippen molar-refractivity contribution in [3.63, 3.8) is 0 Å². The molecule has 2 aromatic carbocycles. The molecule has 26 heavy (non-hydrogen) atoms. The lowest BCUT2D eigenvalue weighted by Gasteiger charge is -2.13. The van der Waals surface area contributed by atoms with Gasteiger partial charge < -0.3 is 20.7 Å². The summed E-state index contributed by atoms with van der Waals surface area (Å²) in [5, 5.41) is 9.27. The van der Waals surface area contributed by atoms with Crippen LogP contribution in [0.5, 0.6) is 5.75 Å². The number of methoxy groups -OCH3 is 1. The summed E-state index contributed by atoms with van der Waals surface area (Å²) < 4.78 is 6.10. The van der Waals surface area contributed by atoms with E-state index in [1.807, 2.05) is 36.4 Å². The second kappa shape index (κ2) is 10.5. The van der Waals surface area contributed by atoms with Crippen LogP contribution in [0, 0.1) is 0 Å². The molecular formula is C19H23BrN4O2. The molecule has 6 nitrogen and oxygen atoms in total. The van der Waals surface area contributed by atoms with Crippen molar-refractivity contribution in [1.82, 2.24) is 16.0 Å². The van der Waals surface area contributed by atoms with Crippen molar-refractivity contribution in [3.05, 3.63) is 64.1 Å². The van der Waals surface area contributed by atoms with E-state index < -0.39 is 0 Å². The minimum absolute atomic E-state index is 0.104. The molecule has 0 fully saturated rings. The molecule has 0 bridgehead atoms. The first-order valence-corrected chi connectivity index (χ1v) is 9.03. The molecule has 0 aliphatic carbocycles. The lowest BCUT2D eigenvalue weighted by molar-refractivity contribution is 0.0954. The number of benzene rings is 2. The van der Waals surface area contributed by atoms with Gasteiger partial charge >= 0.3 is 0 Å². The highest BCUT2D eigenvalue weighted by Crippen LogP contribution is 2.12. The predicted octanol–water partition coefficient (Wildman–Crippen LogP) is 2.55. The van der Waals surface area contributed by atoms with Gasteiger partial charge in [-0.1, -0.05) is 34.1 Å². The maximum absolute atomic E-state index is 12.1. The fourth-order valence-electron chi connectivity index (χ4n) is 2.28. The summed E-state index contributed by atoms with van der Waals surface area (Å²) in [5.74, 6) is 1.39. The molecule has 0 aliphatic heterocycles. The van der Waals surface area contributed by atoms with E-state index >= 15 is 0 Å². The third-order valence-electron chi connectivity index (χ3n) is 3.61. The summed E-state index contributed by atoms with van der Waals surface area (Å²) in [5.41, 5.74) is 1.72. The molecule has 0 spiro atoms. The summed E-state index contributed by atoms with van der Waals surface area (Å²) in [6.07, 6.45) is 0. The molecule has 0 aliphatic rings. The van der Waals surface area contributed by atoms with E-state index in [9.17, 15) is 4.79 Å². The zero-order valence-corrected chi connectivity index (χ0v) is 16.5. The SMILES string of the molecule is CN=C(NCCNC(=O)c1cccc(Br)c1)NCc1cccc(OC)c1. The highest BCUT2D eigenvalue weighted by molar-refractivity contribution is 9.10. The van der Waals surface area contributed by atoms with E-state index in [0.29, 0.717) is 31.2 Å². The van der Waals surface area contributed by atoms with Crippen LogP contribution in [-0.2, 0) is 6.54 Å². The first-order chi connectivity index (χ1) is 12.6. The summed E-state index contributed by atoms with van der Waals surface area (Å²) in [7, 11) is 3.36. The summed E-state index contributed by atoms with van der Waals surface area (Å²) in [4.78, 5) is 16.2. The largest absolute Gasteiger partial charge is 0.497 e. The first kappa shape index (κ1) is 19.8. The van der Waals surface area contributed by atoms with E-state index in [0.717, 1.165) is 15.8 Å². The van der Waals surface area contributed by atoms with Crippen molar-refractivity contribution in [2.45, 2.75) is 6.54 Å². The Labute approximate surface area is 162 Å².